The highest BCUT2D eigenvalue weighted by Gasteiger charge is 2.05. The molecule has 0 saturated carbocycles. The largest absolute Gasteiger partial charge is 0.484 e. The van der Waals surface area contributed by atoms with Gasteiger partial charge in [0.15, 0.2) is 6.61 Å². The number of carbonyl (C=O) groups is 1. The van der Waals surface area contributed by atoms with E-state index >= 15 is 0 Å². The number of hydrogen-bond donors (Lipinski definition) is 1. The van der Waals surface area contributed by atoms with Gasteiger partial charge in [-0.15, -0.1) is 0 Å². The Morgan fingerprint density at radius 1 is 0.920 bits per heavy atom. The van der Waals surface area contributed by atoms with Crippen LogP contribution in [0.2, 0.25) is 0 Å². The van der Waals surface area contributed by atoms with E-state index in [9.17, 15) is 4.79 Å². The molecule has 2 aromatic carbocycles. The number of aryl methyl sites for hydroxylation is 1. The Morgan fingerprint density at radius 3 is 2.12 bits per heavy atom. The molecule has 1 heterocycles. The van der Waals surface area contributed by atoms with E-state index in [0.29, 0.717) is 11.5 Å². The lowest BCUT2D eigenvalue weighted by molar-refractivity contribution is -0.118. The lowest BCUT2D eigenvalue weighted by Crippen LogP contribution is -2.21. The van der Waals surface area contributed by atoms with Crippen LogP contribution in [-0.4, -0.2) is 22.5 Å². The van der Waals surface area contributed by atoms with Gasteiger partial charge in [-0.05, 0) is 49.4 Å². The van der Waals surface area contributed by atoms with Gasteiger partial charge in [-0.2, -0.15) is 0 Å². The van der Waals surface area contributed by atoms with E-state index in [0.717, 1.165) is 5.75 Å². The molecule has 1 amide bonds. The maximum atomic E-state index is 11.8. The van der Waals surface area contributed by atoms with Crippen molar-refractivity contribution >= 4 is 11.9 Å². The summed E-state index contributed by atoms with van der Waals surface area (Å²) in [4.78, 5) is 19.6. The van der Waals surface area contributed by atoms with Gasteiger partial charge in [0.1, 0.15) is 17.2 Å². The second-order valence-electron chi connectivity index (χ2n) is 5.30. The number of benzene rings is 2. The molecule has 25 heavy (non-hydrogen) atoms. The summed E-state index contributed by atoms with van der Waals surface area (Å²) in [7, 11) is 0. The summed E-state index contributed by atoms with van der Waals surface area (Å²) in [5.41, 5.74) is 1.18. The number of hydrogen-bond acceptors (Lipinski definition) is 5. The topological polar surface area (TPSA) is 73.3 Å². The molecule has 3 rings (SSSR count). The minimum absolute atomic E-state index is 0.129. The summed E-state index contributed by atoms with van der Waals surface area (Å²) in [6.45, 7) is 1.90. The quantitative estimate of drug-likeness (QED) is 0.745. The average molecular weight is 335 g/mol. The van der Waals surface area contributed by atoms with Gasteiger partial charge in [0, 0.05) is 12.4 Å². The predicted octanol–water partition coefficient (Wildman–Crippen LogP) is 3.59. The number of aromatic nitrogens is 2. The Morgan fingerprint density at radius 2 is 1.48 bits per heavy atom. The molecule has 0 aliphatic heterocycles. The van der Waals surface area contributed by atoms with Crippen molar-refractivity contribution in [3.63, 3.8) is 0 Å². The van der Waals surface area contributed by atoms with Gasteiger partial charge in [-0.25, -0.2) is 9.97 Å². The first-order valence-corrected chi connectivity index (χ1v) is 7.73. The zero-order valence-electron chi connectivity index (χ0n) is 13.7. The molecule has 0 fully saturated rings. The maximum Gasteiger partial charge on any atom is 0.264 e. The van der Waals surface area contributed by atoms with Gasteiger partial charge in [0.25, 0.3) is 5.91 Å². The van der Waals surface area contributed by atoms with Crippen molar-refractivity contribution < 1.29 is 14.3 Å². The SMILES string of the molecule is Cc1ccc(Oc2ccc(OCC(=O)Nc3ncccn3)cc2)cc1. The smallest absolute Gasteiger partial charge is 0.264 e. The van der Waals surface area contributed by atoms with Crippen molar-refractivity contribution in [2.45, 2.75) is 6.92 Å². The van der Waals surface area contributed by atoms with Gasteiger partial charge >= 0.3 is 0 Å². The lowest BCUT2D eigenvalue weighted by atomic mass is 10.2. The summed E-state index contributed by atoms with van der Waals surface area (Å²) in [6, 6.07) is 16.5. The Labute approximate surface area is 145 Å². The van der Waals surface area contributed by atoms with Crippen LogP contribution < -0.4 is 14.8 Å². The van der Waals surface area contributed by atoms with Gasteiger partial charge in [0.2, 0.25) is 5.95 Å². The monoisotopic (exact) mass is 335 g/mol. The van der Waals surface area contributed by atoms with Gasteiger partial charge < -0.3 is 9.47 Å². The molecule has 0 atom stereocenters. The number of nitrogens with one attached hydrogen (secondary N) is 1. The van der Waals surface area contributed by atoms with Crippen LogP contribution in [0.3, 0.4) is 0 Å². The van der Waals surface area contributed by atoms with E-state index in [4.69, 9.17) is 9.47 Å². The first-order valence-electron chi connectivity index (χ1n) is 7.73. The molecule has 0 spiro atoms. The van der Waals surface area contributed by atoms with E-state index in [1.807, 2.05) is 31.2 Å². The van der Waals surface area contributed by atoms with Crippen molar-refractivity contribution in [3.05, 3.63) is 72.6 Å². The van der Waals surface area contributed by atoms with E-state index < -0.39 is 0 Å². The second kappa shape index (κ2) is 7.92. The molecular formula is C19H17N3O3. The zero-order valence-corrected chi connectivity index (χ0v) is 13.7. The van der Waals surface area contributed by atoms with Crippen LogP contribution in [0.15, 0.2) is 67.0 Å². The van der Waals surface area contributed by atoms with Crippen LogP contribution in [0.5, 0.6) is 17.2 Å². The average Bonchev–Trinajstić information content (AvgIpc) is 2.64. The van der Waals surface area contributed by atoms with Crippen molar-refractivity contribution in [1.82, 2.24) is 9.97 Å². The standard InChI is InChI=1S/C19H17N3O3/c1-14-3-5-16(6-4-14)25-17-9-7-15(8-10-17)24-13-18(23)22-19-20-11-2-12-21-19/h2-12H,13H2,1H3,(H,20,21,22,23). The molecule has 126 valence electrons. The third kappa shape index (κ3) is 5.04. The molecule has 6 heteroatoms. The summed E-state index contributed by atoms with van der Waals surface area (Å²) >= 11 is 0. The molecule has 0 radical (unpaired) electrons. The van der Waals surface area contributed by atoms with Crippen LogP contribution in [0.4, 0.5) is 5.95 Å². The number of anilines is 1. The maximum absolute atomic E-state index is 11.8. The second-order valence-corrected chi connectivity index (χ2v) is 5.30. The van der Waals surface area contributed by atoms with Crippen molar-refractivity contribution in [1.29, 1.82) is 0 Å². The zero-order chi connectivity index (χ0) is 17.5. The van der Waals surface area contributed by atoms with E-state index in [-0.39, 0.29) is 18.5 Å². The number of amides is 1. The van der Waals surface area contributed by atoms with Crippen LogP contribution in [-0.2, 0) is 4.79 Å². The molecule has 0 aliphatic rings. The number of carbonyl (C=O) groups excluding carboxylic acids is 1. The highest BCUT2D eigenvalue weighted by molar-refractivity contribution is 5.90. The summed E-state index contributed by atoms with van der Waals surface area (Å²) in [5.74, 6) is 1.95. The lowest BCUT2D eigenvalue weighted by Gasteiger charge is -2.08. The first kappa shape index (κ1) is 16.4. The third-order valence-electron chi connectivity index (χ3n) is 3.27. The van der Waals surface area contributed by atoms with Crippen LogP contribution in [0.1, 0.15) is 5.56 Å². The number of nitrogens with zero attached hydrogens (tertiary/aromatic N) is 2. The minimum Gasteiger partial charge on any atom is -0.484 e. The van der Waals surface area contributed by atoms with E-state index in [1.165, 1.54) is 5.56 Å². The number of ether oxygens (including phenoxy) is 2. The van der Waals surface area contributed by atoms with Gasteiger partial charge in [0.05, 0.1) is 0 Å². The molecule has 1 N–H and O–H groups in total. The summed E-state index contributed by atoms with van der Waals surface area (Å²) < 4.78 is 11.2. The van der Waals surface area contributed by atoms with Crippen LogP contribution in [0, 0.1) is 6.92 Å². The normalized spacial score (nSPS) is 10.1. The fourth-order valence-electron chi connectivity index (χ4n) is 2.02. The summed E-state index contributed by atoms with van der Waals surface area (Å²) in [6.07, 6.45) is 3.10. The molecule has 0 saturated heterocycles. The highest BCUT2D eigenvalue weighted by Crippen LogP contribution is 2.24. The molecule has 1 aromatic heterocycles. The molecule has 0 unspecified atom stereocenters. The van der Waals surface area contributed by atoms with Gasteiger partial charge in [-0.1, -0.05) is 17.7 Å². The Balaban J connectivity index is 1.50. The summed E-state index contributed by atoms with van der Waals surface area (Å²) in [5, 5.41) is 2.55. The first-order chi connectivity index (χ1) is 12.2. The van der Waals surface area contributed by atoms with Crippen molar-refractivity contribution in [2.24, 2.45) is 0 Å². The minimum atomic E-state index is -0.328. The van der Waals surface area contributed by atoms with Crippen molar-refractivity contribution in [3.8, 4) is 17.2 Å². The van der Waals surface area contributed by atoms with E-state index in [2.05, 4.69) is 15.3 Å². The Hall–Kier alpha value is -3.41. The molecule has 0 aliphatic carbocycles. The van der Waals surface area contributed by atoms with E-state index in [1.54, 1.807) is 42.7 Å². The molecule has 3 aromatic rings. The predicted molar refractivity (Wildman–Crippen MR) is 93.9 cm³/mol. The molecular weight excluding hydrogens is 318 g/mol. The van der Waals surface area contributed by atoms with Crippen molar-refractivity contribution in [2.75, 3.05) is 11.9 Å². The number of rotatable bonds is 6. The fourth-order valence-corrected chi connectivity index (χ4v) is 2.02. The fraction of sp³-hybridized carbons (Fsp3) is 0.105. The molecule has 6 nitrogen and oxygen atoms in total. The molecule has 0 bridgehead atoms. The third-order valence-corrected chi connectivity index (χ3v) is 3.27. The van der Waals surface area contributed by atoms with Crippen LogP contribution >= 0.6 is 0 Å². The Kier molecular flexibility index (Phi) is 5.21. The van der Waals surface area contributed by atoms with Gasteiger partial charge in [-0.3, -0.25) is 10.1 Å². The van der Waals surface area contributed by atoms with Crippen LogP contribution in [0.25, 0.3) is 0 Å². The highest BCUT2D eigenvalue weighted by atomic mass is 16.5. The Bertz CT molecular complexity index is 819.